The summed E-state index contributed by atoms with van der Waals surface area (Å²) in [6, 6.07) is 21.2. The van der Waals surface area contributed by atoms with Crippen LogP contribution in [0.3, 0.4) is 0 Å². The van der Waals surface area contributed by atoms with Gasteiger partial charge in [-0.25, -0.2) is 9.18 Å². The van der Waals surface area contributed by atoms with E-state index in [1.165, 1.54) is 29.4 Å². The van der Waals surface area contributed by atoms with Crippen LogP contribution in [0.15, 0.2) is 72.8 Å². The molecule has 2 atom stereocenters. The van der Waals surface area contributed by atoms with E-state index in [4.69, 9.17) is 14.2 Å². The number of hydrogen-bond acceptors (Lipinski definition) is 4. The van der Waals surface area contributed by atoms with Gasteiger partial charge < -0.3 is 14.2 Å². The molecule has 0 aromatic heterocycles. The minimum Gasteiger partial charge on any atom is -0.494 e. The van der Waals surface area contributed by atoms with Crippen molar-refractivity contribution >= 4 is 11.7 Å². The molecule has 0 saturated carbocycles. The number of amides is 1. The molecule has 2 bridgehead atoms. The van der Waals surface area contributed by atoms with Crippen LogP contribution in [0.2, 0.25) is 0 Å². The summed E-state index contributed by atoms with van der Waals surface area (Å²) in [6.07, 6.45) is 2.06. The lowest BCUT2D eigenvalue weighted by Crippen LogP contribution is -2.56. The molecule has 1 aliphatic carbocycles. The van der Waals surface area contributed by atoms with Crippen LogP contribution in [0.25, 0.3) is 16.7 Å². The second-order valence-corrected chi connectivity index (χ2v) is 9.19. The smallest absolute Gasteiger partial charge is 0.410 e. The average Bonchev–Trinajstić information content (AvgIpc) is 3.20. The van der Waals surface area contributed by atoms with Crippen molar-refractivity contribution in [3.8, 4) is 16.9 Å². The molecule has 2 heterocycles. The summed E-state index contributed by atoms with van der Waals surface area (Å²) in [5.41, 5.74) is 6.12. The summed E-state index contributed by atoms with van der Waals surface area (Å²) in [4.78, 5) is 15.1. The Balaban J connectivity index is 1.23. The first-order valence-electron chi connectivity index (χ1n) is 11.9. The number of morpholine rings is 1. The number of halogens is 1. The van der Waals surface area contributed by atoms with Gasteiger partial charge in [-0.1, -0.05) is 66.7 Å². The second kappa shape index (κ2) is 8.86. The lowest BCUT2D eigenvalue weighted by atomic mass is 9.89. The fourth-order valence-electron chi connectivity index (χ4n) is 5.67. The highest BCUT2D eigenvalue weighted by Crippen LogP contribution is 2.45. The van der Waals surface area contributed by atoms with Crippen molar-refractivity contribution in [1.82, 2.24) is 4.90 Å². The van der Waals surface area contributed by atoms with Gasteiger partial charge in [-0.2, -0.15) is 0 Å². The van der Waals surface area contributed by atoms with Crippen molar-refractivity contribution in [2.45, 2.75) is 24.4 Å². The highest BCUT2D eigenvalue weighted by Gasteiger charge is 2.40. The molecule has 178 valence electrons. The first-order valence-corrected chi connectivity index (χ1v) is 11.9. The van der Waals surface area contributed by atoms with E-state index in [0.29, 0.717) is 25.2 Å². The maximum atomic E-state index is 14.9. The van der Waals surface area contributed by atoms with E-state index in [1.807, 2.05) is 30.3 Å². The van der Waals surface area contributed by atoms with Crippen LogP contribution in [-0.2, 0) is 9.47 Å². The Hall–Kier alpha value is -3.64. The molecule has 5 nitrogen and oxygen atoms in total. The molecule has 1 saturated heterocycles. The fraction of sp³-hybridized carbons (Fsp3) is 0.276. The minimum absolute atomic E-state index is 0.00390. The first kappa shape index (κ1) is 21.9. The van der Waals surface area contributed by atoms with E-state index in [0.717, 1.165) is 5.57 Å². The number of nitrogens with zero attached hydrogens (tertiary/aromatic N) is 1. The molecular weight excluding hydrogens is 445 g/mol. The number of carbonyl (C=O) groups excluding carboxylic acids is 1. The van der Waals surface area contributed by atoms with E-state index < -0.39 is 0 Å². The summed E-state index contributed by atoms with van der Waals surface area (Å²) < 4.78 is 31.7. The van der Waals surface area contributed by atoms with Gasteiger partial charge >= 0.3 is 6.09 Å². The van der Waals surface area contributed by atoms with Gasteiger partial charge in [0.25, 0.3) is 0 Å². The van der Waals surface area contributed by atoms with Crippen molar-refractivity contribution in [1.29, 1.82) is 0 Å². The van der Waals surface area contributed by atoms with E-state index in [2.05, 4.69) is 24.3 Å². The Labute approximate surface area is 203 Å². The Morgan fingerprint density at radius 2 is 1.66 bits per heavy atom. The molecule has 0 N–H and O–H groups in total. The molecule has 3 aliphatic rings. The number of carbonyl (C=O) groups is 1. The van der Waals surface area contributed by atoms with Crippen LogP contribution in [0.1, 0.15) is 29.0 Å². The predicted octanol–water partition coefficient (Wildman–Crippen LogP) is 5.64. The highest BCUT2D eigenvalue weighted by atomic mass is 19.1. The fourth-order valence-corrected chi connectivity index (χ4v) is 5.67. The van der Waals surface area contributed by atoms with Gasteiger partial charge in [0.15, 0.2) is 11.6 Å². The first-order chi connectivity index (χ1) is 17.2. The monoisotopic (exact) mass is 471 g/mol. The Morgan fingerprint density at radius 3 is 2.34 bits per heavy atom. The molecule has 0 radical (unpaired) electrons. The molecule has 6 heteroatoms. The van der Waals surface area contributed by atoms with Gasteiger partial charge in [-0.3, -0.25) is 4.90 Å². The molecule has 2 aliphatic heterocycles. The predicted molar refractivity (Wildman–Crippen MR) is 131 cm³/mol. The SMILES string of the molecule is COc1cccc(C2=CC3COCC(C2)N3C(=O)OCC2c3ccccc3-c3ccccc32)c1F. The second-order valence-electron chi connectivity index (χ2n) is 9.19. The molecule has 2 unspecified atom stereocenters. The van der Waals surface area contributed by atoms with Crippen LogP contribution in [-0.4, -0.2) is 50.0 Å². The summed E-state index contributed by atoms with van der Waals surface area (Å²) in [5, 5.41) is 0. The largest absolute Gasteiger partial charge is 0.494 e. The van der Waals surface area contributed by atoms with Crippen LogP contribution in [0, 0.1) is 5.82 Å². The standard InChI is InChI=1S/C29H26FNO4/c1-33-27-12-6-11-21(28(27)30)18-13-19-15-34-16-20(14-18)31(19)29(32)35-17-26-24-9-4-2-7-22(24)23-8-3-5-10-25(23)26/h2-13,19-20,26H,14-17H2,1H3. The maximum absolute atomic E-state index is 14.9. The van der Waals surface area contributed by atoms with Crippen LogP contribution in [0.5, 0.6) is 5.75 Å². The molecule has 1 amide bonds. The molecule has 3 aromatic rings. The van der Waals surface area contributed by atoms with Crippen LogP contribution < -0.4 is 4.74 Å². The normalized spacial score (nSPS) is 20.6. The zero-order valence-corrected chi connectivity index (χ0v) is 19.4. The zero-order valence-electron chi connectivity index (χ0n) is 19.4. The third kappa shape index (κ3) is 3.69. The van der Waals surface area contributed by atoms with Crippen LogP contribution in [0.4, 0.5) is 9.18 Å². The summed E-state index contributed by atoms with van der Waals surface area (Å²) in [7, 11) is 1.46. The number of ether oxygens (including phenoxy) is 3. The molecule has 6 rings (SSSR count). The van der Waals surface area contributed by atoms with Crippen molar-refractivity contribution in [3.05, 3.63) is 95.3 Å². The van der Waals surface area contributed by atoms with Crippen molar-refractivity contribution in [2.24, 2.45) is 0 Å². The molecule has 1 fully saturated rings. The number of benzene rings is 3. The zero-order chi connectivity index (χ0) is 23.9. The number of hydrogen-bond donors (Lipinski definition) is 0. The van der Waals surface area contributed by atoms with Gasteiger partial charge in [0.1, 0.15) is 6.61 Å². The van der Waals surface area contributed by atoms with E-state index in [-0.39, 0.29) is 42.3 Å². The quantitative estimate of drug-likeness (QED) is 0.494. The molecular formula is C29H26FNO4. The topological polar surface area (TPSA) is 48.0 Å². The maximum Gasteiger partial charge on any atom is 0.410 e. The van der Waals surface area contributed by atoms with Gasteiger partial charge in [0, 0.05) is 11.5 Å². The van der Waals surface area contributed by atoms with Gasteiger partial charge in [0.05, 0.1) is 32.4 Å². The van der Waals surface area contributed by atoms with Crippen molar-refractivity contribution in [3.63, 3.8) is 0 Å². The van der Waals surface area contributed by atoms with Gasteiger partial charge in [-0.15, -0.1) is 0 Å². The average molecular weight is 472 g/mol. The van der Waals surface area contributed by atoms with Crippen molar-refractivity contribution in [2.75, 3.05) is 26.9 Å². The number of rotatable bonds is 4. The lowest BCUT2D eigenvalue weighted by Gasteiger charge is -2.44. The van der Waals surface area contributed by atoms with E-state index in [9.17, 15) is 9.18 Å². The van der Waals surface area contributed by atoms with Crippen LogP contribution >= 0.6 is 0 Å². The molecule has 35 heavy (non-hydrogen) atoms. The molecule has 0 spiro atoms. The number of methoxy groups -OCH3 is 1. The summed E-state index contributed by atoms with van der Waals surface area (Å²) in [5.74, 6) is -0.164. The van der Waals surface area contributed by atoms with E-state index >= 15 is 0 Å². The molecule has 3 aromatic carbocycles. The summed E-state index contributed by atoms with van der Waals surface area (Å²) in [6.45, 7) is 1.02. The number of fused-ring (bicyclic) bond motifs is 5. The van der Waals surface area contributed by atoms with Gasteiger partial charge in [-0.05, 0) is 40.3 Å². The third-order valence-electron chi connectivity index (χ3n) is 7.27. The Bertz CT molecular complexity index is 1270. The van der Waals surface area contributed by atoms with E-state index in [1.54, 1.807) is 23.1 Å². The van der Waals surface area contributed by atoms with Crippen molar-refractivity contribution < 1.29 is 23.4 Å². The third-order valence-corrected chi connectivity index (χ3v) is 7.27. The summed E-state index contributed by atoms with van der Waals surface area (Å²) >= 11 is 0. The van der Waals surface area contributed by atoms with Gasteiger partial charge in [0.2, 0.25) is 0 Å². The Morgan fingerprint density at radius 1 is 0.971 bits per heavy atom. The highest BCUT2D eigenvalue weighted by molar-refractivity contribution is 5.79. The lowest BCUT2D eigenvalue weighted by molar-refractivity contribution is -0.0331. The minimum atomic E-state index is -0.380. The Kier molecular flexibility index (Phi) is 5.53.